The van der Waals surface area contributed by atoms with Gasteiger partial charge in [-0.15, -0.1) is 0 Å². The smallest absolute Gasteiger partial charge is 0.251 e. The number of aromatic nitrogens is 3. The molecule has 0 aliphatic carbocycles. The third kappa shape index (κ3) is 4.68. The second-order valence-corrected chi connectivity index (χ2v) is 4.94. The molecule has 0 radical (unpaired) electrons. The Kier molecular flexibility index (Phi) is 5.45. The van der Waals surface area contributed by atoms with Crippen molar-refractivity contribution in [1.82, 2.24) is 20.5 Å². The Balaban J connectivity index is 1.80. The topological polar surface area (TPSA) is 79.9 Å². The lowest BCUT2D eigenvalue weighted by atomic mass is 10.1. The zero-order chi connectivity index (χ0) is 15.1. The fourth-order valence-corrected chi connectivity index (χ4v) is 1.82. The number of H-pyrrole nitrogens is 1. The molecule has 0 saturated carbocycles. The summed E-state index contributed by atoms with van der Waals surface area (Å²) in [5.41, 5.74) is 1.53. The van der Waals surface area contributed by atoms with Crippen LogP contribution in [0.2, 0.25) is 0 Å². The van der Waals surface area contributed by atoms with Gasteiger partial charge < -0.3 is 10.1 Å². The van der Waals surface area contributed by atoms with E-state index in [9.17, 15) is 4.79 Å². The van der Waals surface area contributed by atoms with Crippen LogP contribution in [-0.2, 0) is 4.74 Å². The van der Waals surface area contributed by atoms with E-state index in [0.717, 1.165) is 12.0 Å². The van der Waals surface area contributed by atoms with Crippen LogP contribution < -0.4 is 5.32 Å². The summed E-state index contributed by atoms with van der Waals surface area (Å²) in [6.45, 7) is 5.25. The first-order chi connectivity index (χ1) is 10.2. The van der Waals surface area contributed by atoms with Gasteiger partial charge in [-0.2, -0.15) is 5.10 Å². The number of amides is 1. The minimum absolute atomic E-state index is 0.0799. The van der Waals surface area contributed by atoms with Crippen LogP contribution in [0.3, 0.4) is 0 Å². The van der Waals surface area contributed by atoms with E-state index in [-0.39, 0.29) is 12.0 Å². The number of hydrogen-bond donors (Lipinski definition) is 2. The molecule has 2 aromatic rings. The van der Waals surface area contributed by atoms with Gasteiger partial charge in [-0.1, -0.05) is 12.1 Å². The third-order valence-corrected chi connectivity index (χ3v) is 2.89. The average molecular weight is 288 g/mol. The van der Waals surface area contributed by atoms with Gasteiger partial charge in [-0.25, -0.2) is 4.98 Å². The first-order valence-electron chi connectivity index (χ1n) is 7.02. The maximum absolute atomic E-state index is 12.0. The highest BCUT2D eigenvalue weighted by Crippen LogP contribution is 2.14. The minimum atomic E-state index is -0.0799. The Morgan fingerprint density at radius 1 is 1.33 bits per heavy atom. The Bertz CT molecular complexity index is 550. The van der Waals surface area contributed by atoms with E-state index in [1.807, 2.05) is 26.0 Å². The number of aromatic amines is 1. The van der Waals surface area contributed by atoms with Gasteiger partial charge in [-0.05, 0) is 32.4 Å². The molecule has 0 unspecified atom stereocenters. The molecule has 6 heteroatoms. The van der Waals surface area contributed by atoms with E-state index >= 15 is 0 Å². The molecule has 0 fully saturated rings. The van der Waals surface area contributed by atoms with E-state index in [1.165, 1.54) is 6.33 Å². The van der Waals surface area contributed by atoms with Crippen molar-refractivity contribution in [2.24, 2.45) is 0 Å². The lowest BCUT2D eigenvalue weighted by Crippen LogP contribution is -2.25. The fourth-order valence-electron chi connectivity index (χ4n) is 1.82. The highest BCUT2D eigenvalue weighted by Gasteiger charge is 2.06. The number of carbonyl (C=O) groups is 1. The molecule has 0 aliphatic rings. The van der Waals surface area contributed by atoms with Crippen LogP contribution >= 0.6 is 0 Å². The molecule has 21 heavy (non-hydrogen) atoms. The predicted molar refractivity (Wildman–Crippen MR) is 79.9 cm³/mol. The van der Waals surface area contributed by atoms with Crippen molar-refractivity contribution in [1.29, 1.82) is 0 Å². The molecule has 2 N–H and O–H groups in total. The number of carbonyl (C=O) groups excluding carboxylic acids is 1. The summed E-state index contributed by atoms with van der Waals surface area (Å²) in [6.07, 6.45) is 2.49. The van der Waals surface area contributed by atoms with Crippen LogP contribution in [0, 0.1) is 0 Å². The summed E-state index contributed by atoms with van der Waals surface area (Å²) >= 11 is 0. The summed E-state index contributed by atoms with van der Waals surface area (Å²) in [4.78, 5) is 16.0. The second kappa shape index (κ2) is 7.54. The van der Waals surface area contributed by atoms with E-state index in [1.54, 1.807) is 12.1 Å². The normalized spacial score (nSPS) is 10.8. The minimum Gasteiger partial charge on any atom is -0.379 e. The molecule has 2 rings (SSSR count). The number of ether oxygens (including phenoxy) is 1. The molecular weight excluding hydrogens is 268 g/mol. The van der Waals surface area contributed by atoms with E-state index < -0.39 is 0 Å². The first kappa shape index (κ1) is 15.2. The largest absolute Gasteiger partial charge is 0.379 e. The van der Waals surface area contributed by atoms with Crippen molar-refractivity contribution < 1.29 is 9.53 Å². The van der Waals surface area contributed by atoms with Crippen molar-refractivity contribution in [2.75, 3.05) is 13.2 Å². The van der Waals surface area contributed by atoms with Crippen molar-refractivity contribution >= 4 is 5.91 Å². The Labute approximate surface area is 123 Å². The monoisotopic (exact) mass is 288 g/mol. The summed E-state index contributed by atoms with van der Waals surface area (Å²) in [7, 11) is 0. The number of nitrogens with zero attached hydrogens (tertiary/aromatic N) is 2. The Morgan fingerprint density at radius 3 is 2.71 bits per heavy atom. The highest BCUT2D eigenvalue weighted by atomic mass is 16.5. The second-order valence-electron chi connectivity index (χ2n) is 4.94. The predicted octanol–water partition coefficient (Wildman–Crippen LogP) is 2.02. The van der Waals surface area contributed by atoms with Gasteiger partial charge in [0.25, 0.3) is 5.91 Å². The lowest BCUT2D eigenvalue weighted by Gasteiger charge is -2.08. The molecule has 0 saturated heterocycles. The summed E-state index contributed by atoms with van der Waals surface area (Å²) in [5.74, 6) is 0.608. The van der Waals surface area contributed by atoms with Crippen LogP contribution in [0.4, 0.5) is 0 Å². The molecule has 1 aromatic carbocycles. The van der Waals surface area contributed by atoms with Crippen LogP contribution in [0.1, 0.15) is 30.6 Å². The number of rotatable bonds is 7. The maximum atomic E-state index is 12.0. The van der Waals surface area contributed by atoms with Crippen LogP contribution in [0.5, 0.6) is 0 Å². The summed E-state index contributed by atoms with van der Waals surface area (Å²) < 4.78 is 5.42. The first-order valence-corrected chi connectivity index (χ1v) is 7.02. The SMILES string of the molecule is CC(C)OCCCNC(=O)c1ccc(-c2ncn[nH]2)cc1. The quantitative estimate of drug-likeness (QED) is 0.764. The lowest BCUT2D eigenvalue weighted by molar-refractivity contribution is 0.0757. The molecule has 0 aliphatic heterocycles. The van der Waals surface area contributed by atoms with Crippen molar-refractivity contribution in [2.45, 2.75) is 26.4 Å². The summed E-state index contributed by atoms with van der Waals surface area (Å²) in [6, 6.07) is 7.24. The van der Waals surface area contributed by atoms with E-state index in [0.29, 0.717) is 24.5 Å². The average Bonchev–Trinajstić information content (AvgIpc) is 3.01. The molecular formula is C15H20N4O2. The van der Waals surface area contributed by atoms with Crippen molar-refractivity contribution in [3.05, 3.63) is 36.2 Å². The Morgan fingerprint density at radius 2 is 2.10 bits per heavy atom. The van der Waals surface area contributed by atoms with Gasteiger partial charge in [0.2, 0.25) is 0 Å². The highest BCUT2D eigenvalue weighted by molar-refractivity contribution is 5.94. The molecule has 1 amide bonds. The molecule has 112 valence electrons. The maximum Gasteiger partial charge on any atom is 0.251 e. The molecule has 1 heterocycles. The van der Waals surface area contributed by atoms with Gasteiger partial charge >= 0.3 is 0 Å². The van der Waals surface area contributed by atoms with E-state index in [2.05, 4.69) is 20.5 Å². The van der Waals surface area contributed by atoms with Crippen molar-refractivity contribution in [3.63, 3.8) is 0 Å². The fraction of sp³-hybridized carbons (Fsp3) is 0.400. The molecule has 0 bridgehead atoms. The number of nitrogens with one attached hydrogen (secondary N) is 2. The van der Waals surface area contributed by atoms with Gasteiger partial charge in [0.15, 0.2) is 5.82 Å². The van der Waals surface area contributed by atoms with Crippen molar-refractivity contribution in [3.8, 4) is 11.4 Å². The van der Waals surface area contributed by atoms with E-state index in [4.69, 9.17) is 4.74 Å². The van der Waals surface area contributed by atoms with Gasteiger partial charge in [0.1, 0.15) is 6.33 Å². The third-order valence-electron chi connectivity index (χ3n) is 2.89. The Hall–Kier alpha value is -2.21. The molecule has 0 atom stereocenters. The molecule has 1 aromatic heterocycles. The van der Waals surface area contributed by atoms with Crippen LogP contribution in [0.15, 0.2) is 30.6 Å². The van der Waals surface area contributed by atoms with Gasteiger partial charge in [0.05, 0.1) is 6.10 Å². The molecule has 6 nitrogen and oxygen atoms in total. The number of benzene rings is 1. The summed E-state index contributed by atoms with van der Waals surface area (Å²) in [5, 5.41) is 9.46. The zero-order valence-electron chi connectivity index (χ0n) is 12.3. The standard InChI is InChI=1S/C15H20N4O2/c1-11(2)21-9-3-8-16-15(20)13-6-4-12(5-7-13)14-17-10-18-19-14/h4-7,10-11H,3,8-9H2,1-2H3,(H,16,20)(H,17,18,19). The van der Waals surface area contributed by atoms with Gasteiger partial charge in [0, 0.05) is 24.3 Å². The van der Waals surface area contributed by atoms with Crippen LogP contribution in [0.25, 0.3) is 11.4 Å². The molecule has 0 spiro atoms. The van der Waals surface area contributed by atoms with Crippen LogP contribution in [-0.4, -0.2) is 40.3 Å². The zero-order valence-corrected chi connectivity index (χ0v) is 12.3. The number of hydrogen-bond acceptors (Lipinski definition) is 4. The van der Waals surface area contributed by atoms with Gasteiger partial charge in [-0.3, -0.25) is 9.89 Å².